The molecule has 0 aliphatic carbocycles. The minimum atomic E-state index is -5.86. The Labute approximate surface area is 111 Å². The Morgan fingerprint density at radius 3 is 2.05 bits per heavy atom. The lowest BCUT2D eigenvalue weighted by Gasteiger charge is -2.20. The summed E-state index contributed by atoms with van der Waals surface area (Å²) < 4.78 is 102. The molecule has 0 saturated heterocycles. The van der Waals surface area contributed by atoms with E-state index in [2.05, 4.69) is 9.47 Å². The number of alkyl halides is 5. The fourth-order valence-corrected chi connectivity index (χ4v) is 1.47. The third-order valence-corrected chi connectivity index (χ3v) is 2.39. The molecule has 0 aliphatic heterocycles. The molecule has 0 rings (SSSR count). The largest absolute Gasteiger partial charge is 0.482 e. The molecule has 0 amide bonds. The standard InChI is InChI=1S/C8H13F5O6S/c1-2-17-6(5-20(14,15)16)18-3-4-19-8(12,13)7(9,10)11/h6H,2-5H2,1H3,(H,14,15,16). The maximum atomic E-state index is 12.3. The van der Waals surface area contributed by atoms with Gasteiger partial charge in [0.05, 0.1) is 13.2 Å². The van der Waals surface area contributed by atoms with E-state index in [0.29, 0.717) is 0 Å². The van der Waals surface area contributed by atoms with Crippen molar-refractivity contribution in [2.24, 2.45) is 0 Å². The lowest BCUT2D eigenvalue weighted by molar-refractivity contribution is -0.393. The van der Waals surface area contributed by atoms with Crippen LogP contribution in [0.5, 0.6) is 0 Å². The molecule has 1 unspecified atom stereocenters. The average molecular weight is 332 g/mol. The fraction of sp³-hybridized carbons (Fsp3) is 1.00. The van der Waals surface area contributed by atoms with E-state index >= 15 is 0 Å². The summed E-state index contributed by atoms with van der Waals surface area (Å²) in [6, 6.07) is 0. The van der Waals surface area contributed by atoms with E-state index in [-0.39, 0.29) is 6.61 Å². The van der Waals surface area contributed by atoms with Crippen LogP contribution < -0.4 is 0 Å². The Hall–Kier alpha value is -0.560. The molecular formula is C8H13F5O6S. The van der Waals surface area contributed by atoms with E-state index in [0.717, 1.165) is 0 Å². The fourth-order valence-electron chi connectivity index (χ4n) is 0.933. The highest BCUT2D eigenvalue weighted by atomic mass is 32.2. The predicted molar refractivity (Wildman–Crippen MR) is 54.7 cm³/mol. The molecular weight excluding hydrogens is 319 g/mol. The van der Waals surface area contributed by atoms with Crippen LogP contribution in [0.15, 0.2) is 0 Å². The van der Waals surface area contributed by atoms with Crippen LogP contribution >= 0.6 is 0 Å². The molecule has 12 heteroatoms. The number of hydrogen-bond donors (Lipinski definition) is 1. The molecule has 0 aromatic carbocycles. The van der Waals surface area contributed by atoms with Crippen molar-refractivity contribution in [3.05, 3.63) is 0 Å². The number of hydrogen-bond acceptors (Lipinski definition) is 5. The van der Waals surface area contributed by atoms with Crippen LogP contribution in [0, 0.1) is 0 Å². The molecule has 0 saturated carbocycles. The Morgan fingerprint density at radius 2 is 1.65 bits per heavy atom. The Balaban J connectivity index is 4.20. The van der Waals surface area contributed by atoms with Crippen LogP contribution in [0.1, 0.15) is 6.92 Å². The zero-order valence-electron chi connectivity index (χ0n) is 10.2. The Bertz CT molecular complexity index is 381. The van der Waals surface area contributed by atoms with Gasteiger partial charge in [-0.3, -0.25) is 4.55 Å². The lowest BCUT2D eigenvalue weighted by atomic mass is 10.6. The van der Waals surface area contributed by atoms with E-state index in [9.17, 15) is 30.4 Å². The van der Waals surface area contributed by atoms with Gasteiger partial charge in [-0.25, -0.2) is 0 Å². The SMILES string of the molecule is CCOC(CS(=O)(=O)O)OCCOC(F)(F)C(F)(F)F. The minimum Gasteiger partial charge on any atom is -0.352 e. The molecule has 0 aliphatic rings. The summed E-state index contributed by atoms with van der Waals surface area (Å²) in [6.07, 6.45) is -12.7. The van der Waals surface area contributed by atoms with E-state index in [1.807, 2.05) is 0 Å². The Kier molecular flexibility index (Phi) is 7.24. The molecule has 0 spiro atoms. The van der Waals surface area contributed by atoms with Gasteiger partial charge in [0.2, 0.25) is 0 Å². The molecule has 1 N–H and O–H groups in total. The summed E-state index contributed by atoms with van der Waals surface area (Å²) in [5.41, 5.74) is 0. The molecule has 0 heterocycles. The molecule has 20 heavy (non-hydrogen) atoms. The summed E-state index contributed by atoms with van der Waals surface area (Å²) in [7, 11) is -4.45. The minimum absolute atomic E-state index is 0.0280. The normalized spacial score (nSPS) is 15.3. The molecule has 0 radical (unpaired) electrons. The summed E-state index contributed by atoms with van der Waals surface area (Å²) in [6.45, 7) is -0.512. The van der Waals surface area contributed by atoms with Gasteiger partial charge in [-0.05, 0) is 6.92 Å². The molecule has 0 aromatic heterocycles. The predicted octanol–water partition coefficient (Wildman–Crippen LogP) is 1.43. The first-order valence-electron chi connectivity index (χ1n) is 5.16. The number of ether oxygens (including phenoxy) is 3. The second-order valence-corrected chi connectivity index (χ2v) is 4.86. The van der Waals surface area contributed by atoms with E-state index in [1.165, 1.54) is 6.92 Å². The van der Waals surface area contributed by atoms with Crippen molar-refractivity contribution in [3.63, 3.8) is 0 Å². The van der Waals surface area contributed by atoms with Gasteiger partial charge in [0.1, 0.15) is 5.75 Å². The maximum Gasteiger partial charge on any atom is 0.482 e. The maximum absolute atomic E-state index is 12.3. The van der Waals surface area contributed by atoms with Gasteiger partial charge in [-0.1, -0.05) is 0 Å². The molecule has 1 atom stereocenters. The smallest absolute Gasteiger partial charge is 0.352 e. The van der Waals surface area contributed by atoms with E-state index in [4.69, 9.17) is 9.29 Å². The lowest BCUT2D eigenvalue weighted by Crippen LogP contribution is -2.40. The first-order chi connectivity index (χ1) is 8.89. The number of rotatable bonds is 9. The van der Waals surface area contributed by atoms with Crippen LogP contribution in [0.25, 0.3) is 0 Å². The third-order valence-electron chi connectivity index (χ3n) is 1.70. The van der Waals surface area contributed by atoms with Crippen molar-refractivity contribution in [3.8, 4) is 0 Å². The van der Waals surface area contributed by atoms with Crippen LogP contribution in [-0.2, 0) is 24.3 Å². The van der Waals surface area contributed by atoms with Crippen molar-refractivity contribution >= 4 is 10.1 Å². The van der Waals surface area contributed by atoms with Gasteiger partial charge in [0.15, 0.2) is 6.29 Å². The summed E-state index contributed by atoms with van der Waals surface area (Å²) in [4.78, 5) is 0. The highest BCUT2D eigenvalue weighted by Gasteiger charge is 2.59. The van der Waals surface area contributed by atoms with Gasteiger partial charge in [0, 0.05) is 6.61 Å². The zero-order valence-corrected chi connectivity index (χ0v) is 11.0. The van der Waals surface area contributed by atoms with Crippen LogP contribution in [0.3, 0.4) is 0 Å². The average Bonchev–Trinajstić information content (AvgIpc) is 2.20. The van der Waals surface area contributed by atoms with Crippen LogP contribution in [0.2, 0.25) is 0 Å². The molecule has 0 fully saturated rings. The van der Waals surface area contributed by atoms with Crippen LogP contribution in [-0.4, -0.2) is 57.1 Å². The van der Waals surface area contributed by atoms with Crippen LogP contribution in [0.4, 0.5) is 22.0 Å². The first-order valence-corrected chi connectivity index (χ1v) is 6.77. The van der Waals surface area contributed by atoms with Gasteiger partial charge >= 0.3 is 12.3 Å². The zero-order chi connectivity index (χ0) is 16.0. The van der Waals surface area contributed by atoms with Gasteiger partial charge in [-0.2, -0.15) is 30.4 Å². The summed E-state index contributed by atoms with van der Waals surface area (Å²) in [5, 5.41) is 0. The monoisotopic (exact) mass is 332 g/mol. The van der Waals surface area contributed by atoms with E-state index < -0.39 is 47.7 Å². The van der Waals surface area contributed by atoms with Crippen molar-refractivity contribution in [2.75, 3.05) is 25.6 Å². The molecule has 0 bridgehead atoms. The molecule has 122 valence electrons. The first kappa shape index (κ1) is 19.4. The van der Waals surface area contributed by atoms with Crippen molar-refractivity contribution < 1.29 is 49.1 Å². The van der Waals surface area contributed by atoms with Gasteiger partial charge in [-0.15, -0.1) is 0 Å². The van der Waals surface area contributed by atoms with Gasteiger partial charge < -0.3 is 14.2 Å². The van der Waals surface area contributed by atoms with Crippen molar-refractivity contribution in [1.29, 1.82) is 0 Å². The Morgan fingerprint density at radius 1 is 1.10 bits per heavy atom. The van der Waals surface area contributed by atoms with E-state index in [1.54, 1.807) is 0 Å². The quantitative estimate of drug-likeness (QED) is 0.298. The highest BCUT2D eigenvalue weighted by Crippen LogP contribution is 2.36. The summed E-state index contributed by atoms with van der Waals surface area (Å²) >= 11 is 0. The summed E-state index contributed by atoms with van der Waals surface area (Å²) in [5.74, 6) is -0.990. The second-order valence-electron chi connectivity index (χ2n) is 3.37. The van der Waals surface area contributed by atoms with Crippen molar-refractivity contribution in [1.82, 2.24) is 0 Å². The topological polar surface area (TPSA) is 82.1 Å². The van der Waals surface area contributed by atoms with Gasteiger partial charge in [0.25, 0.3) is 10.1 Å². The molecule has 0 aromatic rings. The van der Waals surface area contributed by atoms with Crippen molar-refractivity contribution in [2.45, 2.75) is 25.5 Å². The second kappa shape index (κ2) is 7.45. The highest BCUT2D eigenvalue weighted by molar-refractivity contribution is 7.85. The number of halogens is 5. The molecule has 6 nitrogen and oxygen atoms in total. The third kappa shape index (κ3) is 7.89.